The van der Waals surface area contributed by atoms with Gasteiger partial charge < -0.3 is 15.5 Å². The molecule has 0 aromatic heterocycles. The largest absolute Gasteiger partial charge is 0.368 e. The predicted octanol–water partition coefficient (Wildman–Crippen LogP) is 1.55. The number of nitrogens with zero attached hydrogens (tertiary/aromatic N) is 2. The van der Waals surface area contributed by atoms with E-state index in [9.17, 15) is 4.79 Å². The normalized spacial score (nSPS) is 25.4. The molecule has 2 N–H and O–H groups in total. The number of benzene rings is 1. The maximum Gasteiger partial charge on any atom is 0.229 e. The van der Waals surface area contributed by atoms with E-state index in [1.807, 2.05) is 17.1 Å². The standard InChI is InChI=1S/C17H23N3O/c1-13-3-2-4-16(11-13)19-7-9-20(10-8-19)17(21)14-5-6-15(18)12-14/h2-6,11,14-15H,7-10,12,18H2,1H3. The van der Waals surface area contributed by atoms with Crippen LogP contribution in [0.25, 0.3) is 0 Å². The van der Waals surface area contributed by atoms with Crippen LogP contribution < -0.4 is 10.6 Å². The maximum absolute atomic E-state index is 12.4. The molecule has 1 heterocycles. The van der Waals surface area contributed by atoms with Crippen molar-refractivity contribution >= 4 is 11.6 Å². The number of nitrogens with two attached hydrogens (primary N) is 1. The number of carbonyl (C=O) groups excluding carboxylic acids is 1. The van der Waals surface area contributed by atoms with Gasteiger partial charge in [0, 0.05) is 37.9 Å². The van der Waals surface area contributed by atoms with Gasteiger partial charge >= 0.3 is 0 Å². The smallest absolute Gasteiger partial charge is 0.229 e. The van der Waals surface area contributed by atoms with Gasteiger partial charge in [-0.15, -0.1) is 0 Å². The molecule has 2 atom stereocenters. The third-order valence-electron chi connectivity index (χ3n) is 4.39. The summed E-state index contributed by atoms with van der Waals surface area (Å²) < 4.78 is 0. The number of aryl methyl sites for hydroxylation is 1. The van der Waals surface area contributed by atoms with E-state index in [1.165, 1.54) is 11.3 Å². The minimum absolute atomic E-state index is 0.00878. The Hall–Kier alpha value is -1.81. The summed E-state index contributed by atoms with van der Waals surface area (Å²) in [5.41, 5.74) is 8.37. The molecular formula is C17H23N3O. The summed E-state index contributed by atoms with van der Waals surface area (Å²) in [7, 11) is 0. The van der Waals surface area contributed by atoms with Crippen molar-refractivity contribution in [3.05, 3.63) is 42.0 Å². The van der Waals surface area contributed by atoms with E-state index in [0.717, 1.165) is 32.6 Å². The minimum Gasteiger partial charge on any atom is -0.368 e. The first-order valence-corrected chi connectivity index (χ1v) is 7.68. The van der Waals surface area contributed by atoms with Gasteiger partial charge in [0.1, 0.15) is 0 Å². The molecule has 2 unspecified atom stereocenters. The van der Waals surface area contributed by atoms with Crippen molar-refractivity contribution < 1.29 is 4.79 Å². The lowest BCUT2D eigenvalue weighted by Crippen LogP contribution is -2.50. The molecule has 0 radical (unpaired) electrons. The number of hydrogen-bond donors (Lipinski definition) is 1. The summed E-state index contributed by atoms with van der Waals surface area (Å²) in [5.74, 6) is 0.230. The zero-order valence-corrected chi connectivity index (χ0v) is 12.5. The third kappa shape index (κ3) is 3.10. The van der Waals surface area contributed by atoms with Gasteiger partial charge in [0.15, 0.2) is 0 Å². The molecule has 4 heteroatoms. The molecule has 1 saturated heterocycles. The number of anilines is 1. The summed E-state index contributed by atoms with van der Waals surface area (Å²) in [6.45, 7) is 5.51. The van der Waals surface area contributed by atoms with Crippen LogP contribution >= 0.6 is 0 Å². The monoisotopic (exact) mass is 285 g/mol. The molecule has 1 aromatic carbocycles. The Bertz CT molecular complexity index is 547. The van der Waals surface area contributed by atoms with Gasteiger partial charge in [0.05, 0.1) is 5.92 Å². The van der Waals surface area contributed by atoms with Crippen molar-refractivity contribution in [3.63, 3.8) is 0 Å². The number of rotatable bonds is 2. The Labute approximate surface area is 126 Å². The molecular weight excluding hydrogens is 262 g/mol. The number of amides is 1. The van der Waals surface area contributed by atoms with Crippen LogP contribution in [-0.4, -0.2) is 43.0 Å². The second-order valence-corrected chi connectivity index (χ2v) is 6.04. The number of piperazine rings is 1. The summed E-state index contributed by atoms with van der Waals surface area (Å²) in [4.78, 5) is 16.8. The Balaban J connectivity index is 1.58. The molecule has 1 aliphatic heterocycles. The SMILES string of the molecule is Cc1cccc(N2CCN(C(=O)C3C=CC(N)C3)CC2)c1. The fourth-order valence-electron chi connectivity index (χ4n) is 3.15. The van der Waals surface area contributed by atoms with Crippen LogP contribution in [0.1, 0.15) is 12.0 Å². The van der Waals surface area contributed by atoms with Crippen molar-refractivity contribution in [2.24, 2.45) is 11.7 Å². The molecule has 0 saturated carbocycles. The van der Waals surface area contributed by atoms with Crippen molar-refractivity contribution in [1.29, 1.82) is 0 Å². The van der Waals surface area contributed by atoms with Gasteiger partial charge in [-0.25, -0.2) is 0 Å². The number of carbonyl (C=O) groups is 1. The summed E-state index contributed by atoms with van der Waals surface area (Å²) in [6, 6.07) is 8.60. The highest BCUT2D eigenvalue weighted by molar-refractivity contribution is 5.81. The Morgan fingerprint density at radius 2 is 1.95 bits per heavy atom. The van der Waals surface area contributed by atoms with E-state index >= 15 is 0 Å². The fraction of sp³-hybridized carbons (Fsp3) is 0.471. The molecule has 1 amide bonds. The zero-order valence-electron chi connectivity index (χ0n) is 12.5. The topological polar surface area (TPSA) is 49.6 Å². The van der Waals surface area contributed by atoms with E-state index in [1.54, 1.807) is 0 Å². The van der Waals surface area contributed by atoms with Crippen molar-refractivity contribution in [1.82, 2.24) is 4.90 Å². The molecule has 1 fully saturated rings. The van der Waals surface area contributed by atoms with Crippen molar-refractivity contribution in [2.45, 2.75) is 19.4 Å². The first-order chi connectivity index (χ1) is 10.1. The molecule has 1 aromatic rings. The average molecular weight is 285 g/mol. The quantitative estimate of drug-likeness (QED) is 0.839. The highest BCUT2D eigenvalue weighted by Gasteiger charge is 2.29. The van der Waals surface area contributed by atoms with E-state index in [4.69, 9.17) is 5.73 Å². The van der Waals surface area contributed by atoms with Crippen LogP contribution in [0.4, 0.5) is 5.69 Å². The highest BCUT2D eigenvalue weighted by Crippen LogP contribution is 2.22. The highest BCUT2D eigenvalue weighted by atomic mass is 16.2. The summed E-state index contributed by atoms with van der Waals surface area (Å²) in [5, 5.41) is 0. The maximum atomic E-state index is 12.4. The lowest BCUT2D eigenvalue weighted by Gasteiger charge is -2.37. The molecule has 4 nitrogen and oxygen atoms in total. The van der Waals surface area contributed by atoms with E-state index in [0.29, 0.717) is 0 Å². The third-order valence-corrected chi connectivity index (χ3v) is 4.39. The molecule has 3 rings (SSSR count). The van der Waals surface area contributed by atoms with Crippen LogP contribution in [0.3, 0.4) is 0 Å². The second-order valence-electron chi connectivity index (χ2n) is 6.04. The first-order valence-electron chi connectivity index (χ1n) is 7.68. The van der Waals surface area contributed by atoms with Gasteiger partial charge in [0.25, 0.3) is 0 Å². The lowest BCUT2D eigenvalue weighted by molar-refractivity contribution is -0.134. The zero-order chi connectivity index (χ0) is 14.8. The molecule has 1 aliphatic carbocycles. The predicted molar refractivity (Wildman–Crippen MR) is 85.2 cm³/mol. The van der Waals surface area contributed by atoms with Crippen LogP contribution in [0.5, 0.6) is 0 Å². The summed E-state index contributed by atoms with van der Waals surface area (Å²) in [6.07, 6.45) is 4.68. The average Bonchev–Trinajstić information content (AvgIpc) is 2.93. The van der Waals surface area contributed by atoms with Crippen LogP contribution in [0.2, 0.25) is 0 Å². The van der Waals surface area contributed by atoms with Crippen LogP contribution in [-0.2, 0) is 4.79 Å². The van der Waals surface area contributed by atoms with Gasteiger partial charge in [-0.3, -0.25) is 4.79 Å². The Kier molecular flexibility index (Phi) is 3.97. The van der Waals surface area contributed by atoms with E-state index in [-0.39, 0.29) is 17.9 Å². The van der Waals surface area contributed by atoms with E-state index in [2.05, 4.69) is 36.1 Å². The molecule has 0 spiro atoms. The Morgan fingerprint density at radius 1 is 1.19 bits per heavy atom. The van der Waals surface area contributed by atoms with Gasteiger partial charge in [-0.2, -0.15) is 0 Å². The van der Waals surface area contributed by atoms with Crippen molar-refractivity contribution in [3.8, 4) is 0 Å². The van der Waals surface area contributed by atoms with Crippen LogP contribution in [0.15, 0.2) is 36.4 Å². The summed E-state index contributed by atoms with van der Waals surface area (Å²) >= 11 is 0. The van der Waals surface area contributed by atoms with Crippen LogP contribution in [0, 0.1) is 12.8 Å². The van der Waals surface area contributed by atoms with Gasteiger partial charge in [-0.1, -0.05) is 24.3 Å². The second kappa shape index (κ2) is 5.90. The first kappa shape index (κ1) is 14.1. The molecule has 21 heavy (non-hydrogen) atoms. The van der Waals surface area contributed by atoms with Gasteiger partial charge in [0.2, 0.25) is 5.91 Å². The molecule has 2 aliphatic rings. The van der Waals surface area contributed by atoms with Gasteiger partial charge in [-0.05, 0) is 31.0 Å². The van der Waals surface area contributed by atoms with Crippen molar-refractivity contribution in [2.75, 3.05) is 31.1 Å². The number of hydrogen-bond acceptors (Lipinski definition) is 3. The molecule has 0 bridgehead atoms. The lowest BCUT2D eigenvalue weighted by atomic mass is 10.1. The fourth-order valence-corrected chi connectivity index (χ4v) is 3.15. The Morgan fingerprint density at radius 3 is 2.57 bits per heavy atom. The molecule has 112 valence electrons. The van der Waals surface area contributed by atoms with E-state index < -0.39 is 0 Å². The minimum atomic E-state index is -0.00878.